The number of aromatic nitrogens is 2. The van der Waals surface area contributed by atoms with Crippen LogP contribution in [-0.4, -0.2) is 47.7 Å². The molecule has 3 heterocycles. The minimum Gasteiger partial charge on any atom is -0.497 e. The van der Waals surface area contributed by atoms with Crippen LogP contribution >= 0.6 is 0 Å². The topological polar surface area (TPSA) is 116 Å². The summed E-state index contributed by atoms with van der Waals surface area (Å²) in [5.74, 6) is 0.170. The Morgan fingerprint density at radius 2 is 1.97 bits per heavy atom. The van der Waals surface area contributed by atoms with Crippen molar-refractivity contribution in [2.24, 2.45) is 5.73 Å². The number of hydrogen-bond donors (Lipinski definition) is 2. The molecule has 2 aromatic heterocycles. The molecule has 0 unspecified atom stereocenters. The number of primary amides is 1. The lowest BCUT2D eigenvalue weighted by Gasteiger charge is -2.13. The Kier molecular flexibility index (Phi) is 6.82. The third kappa shape index (κ3) is 5.20. The molecule has 8 nitrogen and oxygen atoms in total. The molecule has 1 aliphatic rings. The summed E-state index contributed by atoms with van der Waals surface area (Å²) in [7, 11) is 1.59. The van der Waals surface area contributed by atoms with E-state index in [1.807, 2.05) is 36.4 Å². The van der Waals surface area contributed by atoms with Crippen molar-refractivity contribution in [1.82, 2.24) is 15.3 Å². The molecule has 1 aliphatic heterocycles. The molecule has 0 bridgehead atoms. The monoisotopic (exact) mass is 462 g/mol. The summed E-state index contributed by atoms with van der Waals surface area (Å²) in [6, 6.07) is 16.1. The van der Waals surface area contributed by atoms with Gasteiger partial charge >= 0.3 is 0 Å². The van der Waals surface area contributed by atoms with Gasteiger partial charge in [-0.1, -0.05) is 12.1 Å². The van der Waals surface area contributed by atoms with Crippen molar-refractivity contribution >= 4 is 33.5 Å². The maximum atomic E-state index is 13.1. The van der Waals surface area contributed by atoms with Gasteiger partial charge in [-0.3, -0.25) is 14.6 Å². The van der Waals surface area contributed by atoms with Crippen LogP contribution in [0.1, 0.15) is 16.8 Å². The summed E-state index contributed by atoms with van der Waals surface area (Å²) >= 11 is 0. The number of nitrogens with two attached hydrogens (primary N) is 1. The van der Waals surface area contributed by atoms with Crippen molar-refractivity contribution in [3.8, 4) is 11.6 Å². The first-order valence-electron chi connectivity index (χ1n) is 10.6. The van der Waals surface area contributed by atoms with Crippen LogP contribution in [0.5, 0.6) is 11.6 Å². The first-order valence-corrected chi connectivity index (χ1v) is 10.6. The zero-order chi connectivity index (χ0) is 24.1. The quantitative estimate of drug-likeness (QED) is 0.471. The Morgan fingerprint density at radius 3 is 2.71 bits per heavy atom. The molecule has 5 rings (SSSR count). The van der Waals surface area contributed by atoms with Gasteiger partial charge in [-0.15, -0.1) is 0 Å². The van der Waals surface area contributed by atoms with Crippen LogP contribution in [0.15, 0.2) is 67.0 Å². The highest BCUT2D eigenvalue weighted by Crippen LogP contribution is 2.27. The molecule has 2 amide bonds. The fraction of sp³-hybridized carbons (Fsp3) is 0.200. The number of fused-ring (bicyclic) bond motifs is 2. The minimum absolute atomic E-state index is 0.132. The van der Waals surface area contributed by atoms with Gasteiger partial charge in [0.1, 0.15) is 12.4 Å². The van der Waals surface area contributed by atoms with E-state index in [1.54, 1.807) is 37.7 Å². The minimum atomic E-state index is -1.45. The molecule has 0 radical (unpaired) electrons. The van der Waals surface area contributed by atoms with Crippen molar-refractivity contribution in [1.29, 1.82) is 0 Å². The Morgan fingerprint density at radius 1 is 1.12 bits per heavy atom. The molecule has 0 saturated carbocycles. The van der Waals surface area contributed by atoms with Crippen LogP contribution in [0.3, 0.4) is 0 Å². The lowest BCUT2D eigenvalue weighted by molar-refractivity contribution is -0.123. The largest absolute Gasteiger partial charge is 0.497 e. The molecular weight excluding hydrogens is 439 g/mol. The number of hydrogen-bond acceptors (Lipinski definition) is 6. The highest BCUT2D eigenvalue weighted by Gasteiger charge is 2.32. The number of carbonyl (C=O) groups excluding carboxylic acids is 2. The predicted molar refractivity (Wildman–Crippen MR) is 125 cm³/mol. The lowest BCUT2D eigenvalue weighted by Crippen LogP contribution is -2.31. The standard InChI is InChI=1S/C15H15FN2O3.C10H8N2O/c1-20-11-3-2-9-4-5-17-15(12(9)7-11)21-8-10-6-13(16)14(19)18-10;11-10(13)8-3-4-9-7(6-8)2-1-5-12-9/h2-5,7,10,13H,6,8H2,1H3,(H,18,19);1-6H,(H2,11,13)/t10-,13-;/m0./s1. The first-order chi connectivity index (χ1) is 16.4. The normalized spacial score (nSPS) is 17.1. The molecule has 3 N–H and O–H groups in total. The molecule has 0 aliphatic carbocycles. The third-order valence-corrected chi connectivity index (χ3v) is 5.37. The summed E-state index contributed by atoms with van der Waals surface area (Å²) in [6.07, 6.45) is 2.05. The number of alkyl halides is 1. The number of ether oxygens (including phenoxy) is 2. The summed E-state index contributed by atoms with van der Waals surface area (Å²) < 4.78 is 24.0. The molecule has 34 heavy (non-hydrogen) atoms. The second-order valence-corrected chi connectivity index (χ2v) is 7.70. The van der Waals surface area contributed by atoms with E-state index in [9.17, 15) is 14.0 Å². The Hall–Kier alpha value is -4.27. The summed E-state index contributed by atoms with van der Waals surface area (Å²) in [6.45, 7) is 0.190. The average molecular weight is 462 g/mol. The fourth-order valence-electron chi connectivity index (χ4n) is 3.59. The zero-order valence-electron chi connectivity index (χ0n) is 18.4. The van der Waals surface area contributed by atoms with Crippen molar-refractivity contribution in [2.75, 3.05) is 13.7 Å². The number of amides is 2. The first kappa shape index (κ1) is 22.9. The number of pyridine rings is 2. The average Bonchev–Trinajstić information content (AvgIpc) is 3.19. The molecule has 9 heteroatoms. The SMILES string of the molecule is COc1ccc2ccnc(OC[C@@H]3C[C@H](F)C(=O)N3)c2c1.NC(=O)c1ccc2ncccc2c1. The van der Waals surface area contributed by atoms with Gasteiger partial charge in [0, 0.05) is 35.2 Å². The predicted octanol–water partition coefficient (Wildman–Crippen LogP) is 3.18. The Labute approximate surface area is 194 Å². The van der Waals surface area contributed by atoms with Crippen LogP contribution in [0.2, 0.25) is 0 Å². The highest BCUT2D eigenvalue weighted by molar-refractivity contribution is 5.96. The van der Waals surface area contributed by atoms with Gasteiger partial charge in [0.15, 0.2) is 6.17 Å². The molecule has 1 fully saturated rings. The van der Waals surface area contributed by atoms with Gasteiger partial charge in [0.05, 0.1) is 18.7 Å². The highest BCUT2D eigenvalue weighted by atomic mass is 19.1. The van der Waals surface area contributed by atoms with Crippen molar-refractivity contribution < 1.29 is 23.5 Å². The molecular formula is C25H23FN4O4. The second-order valence-electron chi connectivity index (χ2n) is 7.70. The van der Waals surface area contributed by atoms with Crippen molar-refractivity contribution in [3.05, 3.63) is 72.6 Å². The van der Waals surface area contributed by atoms with E-state index in [0.29, 0.717) is 17.2 Å². The van der Waals surface area contributed by atoms with Crippen LogP contribution in [0, 0.1) is 0 Å². The van der Waals surface area contributed by atoms with Crippen LogP contribution in [0.25, 0.3) is 21.7 Å². The molecule has 0 spiro atoms. The van der Waals surface area contributed by atoms with Crippen LogP contribution < -0.4 is 20.5 Å². The van der Waals surface area contributed by atoms with Gasteiger partial charge in [0.25, 0.3) is 5.91 Å². The summed E-state index contributed by atoms with van der Waals surface area (Å²) in [5, 5.41) is 5.27. The van der Waals surface area contributed by atoms with Crippen LogP contribution in [-0.2, 0) is 4.79 Å². The zero-order valence-corrected chi connectivity index (χ0v) is 18.4. The number of rotatable bonds is 5. The summed E-state index contributed by atoms with van der Waals surface area (Å²) in [5.41, 5.74) is 6.53. The number of nitrogens with zero attached hydrogens (tertiary/aromatic N) is 2. The Bertz CT molecular complexity index is 1350. The maximum absolute atomic E-state index is 13.1. The molecule has 2 atom stereocenters. The number of methoxy groups -OCH3 is 1. The van der Waals surface area contributed by atoms with Gasteiger partial charge in [-0.25, -0.2) is 9.37 Å². The second kappa shape index (κ2) is 10.1. The van der Waals surface area contributed by atoms with Gasteiger partial charge in [0.2, 0.25) is 11.8 Å². The maximum Gasteiger partial charge on any atom is 0.254 e. The molecule has 2 aromatic carbocycles. The van der Waals surface area contributed by atoms with E-state index in [2.05, 4.69) is 15.3 Å². The number of nitrogens with one attached hydrogen (secondary N) is 1. The number of benzene rings is 2. The van der Waals surface area contributed by atoms with Gasteiger partial charge in [-0.05, 0) is 47.9 Å². The molecule has 1 saturated heterocycles. The van der Waals surface area contributed by atoms with Crippen molar-refractivity contribution in [3.63, 3.8) is 0 Å². The van der Waals surface area contributed by atoms with Crippen LogP contribution in [0.4, 0.5) is 4.39 Å². The summed E-state index contributed by atoms with van der Waals surface area (Å²) in [4.78, 5) is 30.3. The Balaban J connectivity index is 0.000000180. The van der Waals surface area contributed by atoms with Gasteiger partial charge in [-0.2, -0.15) is 0 Å². The number of carbonyl (C=O) groups is 2. The molecule has 4 aromatic rings. The number of halogens is 1. The van der Waals surface area contributed by atoms with Gasteiger partial charge < -0.3 is 20.5 Å². The van der Waals surface area contributed by atoms with E-state index < -0.39 is 18.0 Å². The third-order valence-electron chi connectivity index (χ3n) is 5.37. The van der Waals surface area contributed by atoms with E-state index >= 15 is 0 Å². The van der Waals surface area contributed by atoms with E-state index in [-0.39, 0.29) is 19.1 Å². The van der Waals surface area contributed by atoms with E-state index in [0.717, 1.165) is 21.7 Å². The lowest BCUT2D eigenvalue weighted by atomic mass is 10.1. The van der Waals surface area contributed by atoms with Crippen molar-refractivity contribution in [2.45, 2.75) is 18.6 Å². The fourth-order valence-corrected chi connectivity index (χ4v) is 3.59. The van der Waals surface area contributed by atoms with E-state index in [1.165, 1.54) is 0 Å². The van der Waals surface area contributed by atoms with E-state index in [4.69, 9.17) is 15.2 Å². The molecule has 174 valence electrons. The smallest absolute Gasteiger partial charge is 0.254 e.